The molecule has 4 rings (SSSR count). The number of aliphatic hydroxyl groups excluding tert-OH is 1. The van der Waals surface area contributed by atoms with E-state index in [9.17, 15) is 29.4 Å². The molecule has 10 atom stereocenters. The summed E-state index contributed by atoms with van der Waals surface area (Å²) in [5.41, 5.74) is -5.85. The van der Waals surface area contributed by atoms with Crippen LogP contribution in [0.1, 0.15) is 54.9 Å². The monoisotopic (exact) mass is 522 g/mol. The molecule has 0 bridgehead atoms. The molecule has 11 heteroatoms. The lowest BCUT2D eigenvalue weighted by molar-refractivity contribution is -0.215. The lowest BCUT2D eigenvalue weighted by Gasteiger charge is -2.54. The number of rotatable bonds is 3. The molecular formula is C26H34O11. The summed E-state index contributed by atoms with van der Waals surface area (Å²) in [6.45, 7) is 9.91. The zero-order valence-corrected chi connectivity index (χ0v) is 22.0. The Morgan fingerprint density at radius 3 is 2.16 bits per heavy atom. The van der Waals surface area contributed by atoms with Crippen LogP contribution in [0, 0.1) is 11.3 Å². The SMILES string of the molecule is CC(=O)O[C@H]1C[C@@H](OC(C)=O)[C@]2(C)C=C[C@H](O)[C@@](C)(O)[C@H]2[C@@H](OC(C)=O)[C@@]23O[C@]2(C)C(=O)O[C@@H]3/C=C/1C. The van der Waals surface area contributed by atoms with Gasteiger partial charge in [0, 0.05) is 38.5 Å². The minimum absolute atomic E-state index is 0.0242. The standard InChI is InChI=1S/C26H34O11/c1-12-10-19-26(25(7,37-26)22(31)36-19)21(35-15(4)29)20-23(5,9-8-17(30)24(20,6)32)18(34-14(3)28)11-16(12)33-13(2)27/h8-10,16-21,30,32H,11H2,1-7H3/b12-10+/t16-,17-,18+,19+,20-,21+,23-,24+,25+,26+/m0/s1. The topological polar surface area (TPSA) is 158 Å². The summed E-state index contributed by atoms with van der Waals surface area (Å²) < 4.78 is 28.9. The molecule has 0 aromatic rings. The summed E-state index contributed by atoms with van der Waals surface area (Å²) in [5, 5.41) is 22.6. The fraction of sp³-hybridized carbons (Fsp3) is 0.692. The van der Waals surface area contributed by atoms with Crippen LogP contribution < -0.4 is 0 Å². The van der Waals surface area contributed by atoms with Gasteiger partial charge < -0.3 is 33.9 Å². The average molecular weight is 523 g/mol. The number of carbonyl (C=O) groups excluding carboxylic acids is 4. The highest BCUT2D eigenvalue weighted by molar-refractivity contribution is 5.89. The van der Waals surface area contributed by atoms with E-state index in [4.69, 9.17) is 23.7 Å². The first-order valence-corrected chi connectivity index (χ1v) is 12.2. The molecule has 2 heterocycles. The highest BCUT2D eigenvalue weighted by Gasteiger charge is 2.87. The van der Waals surface area contributed by atoms with Gasteiger partial charge in [-0.1, -0.05) is 19.1 Å². The molecule has 2 aliphatic carbocycles. The number of fused-ring (bicyclic) bond motifs is 1. The molecule has 2 fully saturated rings. The van der Waals surface area contributed by atoms with Gasteiger partial charge in [0.2, 0.25) is 0 Å². The summed E-state index contributed by atoms with van der Waals surface area (Å²) in [7, 11) is 0. The third-order valence-electron chi connectivity index (χ3n) is 8.34. The van der Waals surface area contributed by atoms with E-state index in [0.717, 1.165) is 0 Å². The van der Waals surface area contributed by atoms with Gasteiger partial charge in [-0.25, -0.2) is 4.79 Å². The van der Waals surface area contributed by atoms with E-state index in [1.54, 1.807) is 26.0 Å². The molecule has 2 N–H and O–H groups in total. The predicted molar refractivity (Wildman–Crippen MR) is 125 cm³/mol. The molecule has 0 radical (unpaired) electrons. The normalized spacial score (nSPS) is 47.7. The maximum atomic E-state index is 13.0. The van der Waals surface area contributed by atoms with Crippen LogP contribution in [0.15, 0.2) is 23.8 Å². The van der Waals surface area contributed by atoms with Crippen LogP contribution >= 0.6 is 0 Å². The quantitative estimate of drug-likeness (QED) is 0.235. The van der Waals surface area contributed by atoms with E-state index >= 15 is 0 Å². The number of hydrogen-bond acceptors (Lipinski definition) is 11. The van der Waals surface area contributed by atoms with Crippen LogP contribution in [-0.4, -0.2) is 81.4 Å². The Kier molecular flexibility index (Phi) is 6.37. The zero-order valence-electron chi connectivity index (χ0n) is 22.0. The van der Waals surface area contributed by atoms with Crippen molar-refractivity contribution in [3.63, 3.8) is 0 Å². The Hall–Kier alpha value is -2.76. The first-order chi connectivity index (χ1) is 17.0. The van der Waals surface area contributed by atoms with Gasteiger partial charge in [0.1, 0.15) is 24.4 Å². The summed E-state index contributed by atoms with van der Waals surface area (Å²) in [6.07, 6.45) is -1.18. The molecule has 2 saturated heterocycles. The lowest BCUT2D eigenvalue weighted by atomic mass is 9.55. The third kappa shape index (κ3) is 3.98. The summed E-state index contributed by atoms with van der Waals surface area (Å²) in [6, 6.07) is 0. The molecule has 1 spiro atoms. The van der Waals surface area contributed by atoms with Crippen molar-refractivity contribution < 1.29 is 53.1 Å². The van der Waals surface area contributed by atoms with Gasteiger partial charge in [-0.15, -0.1) is 0 Å². The minimum atomic E-state index is -1.95. The van der Waals surface area contributed by atoms with Crippen LogP contribution in [0.3, 0.4) is 0 Å². The molecule has 0 aromatic carbocycles. The Balaban J connectivity index is 2.03. The van der Waals surface area contributed by atoms with Gasteiger partial charge in [-0.2, -0.15) is 0 Å². The van der Waals surface area contributed by atoms with Crippen LogP contribution in [0.4, 0.5) is 0 Å². The zero-order chi connectivity index (χ0) is 27.7. The number of esters is 4. The fourth-order valence-electron chi connectivity index (χ4n) is 6.44. The molecule has 4 aliphatic rings. The average Bonchev–Trinajstić information content (AvgIpc) is 3.35. The van der Waals surface area contributed by atoms with Gasteiger partial charge >= 0.3 is 23.9 Å². The Labute approximate surface area is 214 Å². The van der Waals surface area contributed by atoms with Gasteiger partial charge in [-0.05, 0) is 32.4 Å². The number of ether oxygens (including phenoxy) is 5. The van der Waals surface area contributed by atoms with Crippen molar-refractivity contribution in [1.29, 1.82) is 0 Å². The largest absolute Gasteiger partial charge is 0.461 e. The molecule has 37 heavy (non-hydrogen) atoms. The van der Waals surface area contributed by atoms with Crippen LogP contribution in [0.5, 0.6) is 0 Å². The van der Waals surface area contributed by atoms with Gasteiger partial charge in [-0.3, -0.25) is 14.4 Å². The fourth-order valence-corrected chi connectivity index (χ4v) is 6.44. The first-order valence-electron chi connectivity index (χ1n) is 12.2. The maximum Gasteiger partial charge on any atom is 0.342 e. The van der Waals surface area contributed by atoms with Crippen molar-refractivity contribution in [1.82, 2.24) is 0 Å². The summed E-state index contributed by atoms with van der Waals surface area (Å²) >= 11 is 0. The highest BCUT2D eigenvalue weighted by Crippen LogP contribution is 2.65. The third-order valence-corrected chi connectivity index (χ3v) is 8.34. The number of hydrogen-bond donors (Lipinski definition) is 2. The van der Waals surface area contributed by atoms with Gasteiger partial charge in [0.05, 0.1) is 5.60 Å². The molecule has 204 valence electrons. The van der Waals surface area contributed by atoms with Crippen LogP contribution in [0.25, 0.3) is 0 Å². The van der Waals surface area contributed by atoms with Crippen LogP contribution in [-0.2, 0) is 42.9 Å². The van der Waals surface area contributed by atoms with Crippen molar-refractivity contribution >= 4 is 23.9 Å². The molecular weight excluding hydrogens is 488 g/mol. The molecule has 0 saturated carbocycles. The van der Waals surface area contributed by atoms with Gasteiger partial charge in [0.15, 0.2) is 17.3 Å². The second-order valence-electron chi connectivity index (χ2n) is 11.0. The van der Waals surface area contributed by atoms with Crippen molar-refractivity contribution in [3.8, 4) is 0 Å². The highest BCUT2D eigenvalue weighted by atomic mass is 16.7. The Morgan fingerprint density at radius 2 is 1.62 bits per heavy atom. The van der Waals surface area contributed by atoms with E-state index in [1.165, 1.54) is 40.7 Å². The number of epoxide rings is 1. The van der Waals surface area contributed by atoms with Crippen molar-refractivity contribution in [2.24, 2.45) is 11.3 Å². The summed E-state index contributed by atoms with van der Waals surface area (Å²) in [4.78, 5) is 49.7. The molecule has 2 aliphatic heterocycles. The van der Waals surface area contributed by atoms with Crippen molar-refractivity contribution in [2.75, 3.05) is 0 Å². The predicted octanol–water partition coefficient (Wildman–Crippen LogP) is 0.889. The Bertz CT molecular complexity index is 1090. The van der Waals surface area contributed by atoms with E-state index < -0.39 is 82.5 Å². The molecule has 0 aromatic heterocycles. The molecule has 0 amide bonds. The minimum Gasteiger partial charge on any atom is -0.461 e. The number of aliphatic hydroxyl groups is 2. The van der Waals surface area contributed by atoms with Crippen molar-refractivity contribution in [3.05, 3.63) is 23.8 Å². The van der Waals surface area contributed by atoms with Crippen LogP contribution in [0.2, 0.25) is 0 Å². The maximum absolute atomic E-state index is 13.0. The van der Waals surface area contributed by atoms with Crippen molar-refractivity contribution in [2.45, 2.75) is 102 Å². The Morgan fingerprint density at radius 1 is 1.03 bits per heavy atom. The lowest BCUT2D eigenvalue weighted by Crippen LogP contribution is -2.67. The summed E-state index contributed by atoms with van der Waals surface area (Å²) in [5.74, 6) is -3.78. The second kappa shape index (κ2) is 8.64. The molecule has 0 unspecified atom stereocenters. The van der Waals surface area contributed by atoms with Gasteiger partial charge in [0.25, 0.3) is 0 Å². The molecule has 11 nitrogen and oxygen atoms in total. The first kappa shape index (κ1) is 27.3. The smallest absolute Gasteiger partial charge is 0.342 e. The number of carbonyl (C=O) groups is 4. The van der Waals surface area contributed by atoms with E-state index in [0.29, 0.717) is 5.57 Å². The van der Waals surface area contributed by atoms with E-state index in [1.807, 2.05) is 0 Å². The van der Waals surface area contributed by atoms with E-state index in [2.05, 4.69) is 0 Å². The second-order valence-corrected chi connectivity index (χ2v) is 11.0. The van der Waals surface area contributed by atoms with E-state index in [-0.39, 0.29) is 6.42 Å².